The molecule has 1 aromatic rings. The Kier molecular flexibility index (Phi) is 7.31. The topological polar surface area (TPSA) is 38.3 Å². The van der Waals surface area contributed by atoms with E-state index in [0.717, 1.165) is 5.75 Å². The summed E-state index contributed by atoms with van der Waals surface area (Å²) in [5.41, 5.74) is 1.37. The second-order valence-electron chi connectivity index (χ2n) is 8.31. The highest BCUT2D eigenvalue weighted by Gasteiger charge is 2.25. The van der Waals surface area contributed by atoms with Gasteiger partial charge in [-0.05, 0) is 41.4 Å². The predicted octanol–water partition coefficient (Wildman–Crippen LogP) is 4.94. The van der Waals surface area contributed by atoms with Crippen LogP contribution in [-0.4, -0.2) is 18.1 Å². The molecule has 24 heavy (non-hydrogen) atoms. The van der Waals surface area contributed by atoms with Gasteiger partial charge in [0.2, 0.25) is 0 Å². The number of carbonyl (C=O) groups is 1. The highest BCUT2D eigenvalue weighted by atomic mass is 16.5. The van der Waals surface area contributed by atoms with Crippen LogP contribution in [0, 0.1) is 11.8 Å². The lowest BCUT2D eigenvalue weighted by atomic mass is 9.87. The van der Waals surface area contributed by atoms with Gasteiger partial charge in [-0.15, -0.1) is 0 Å². The summed E-state index contributed by atoms with van der Waals surface area (Å²) in [6.07, 6.45) is 0.195. The van der Waals surface area contributed by atoms with Gasteiger partial charge in [0.25, 0.3) is 5.91 Å². The molecule has 1 amide bonds. The lowest BCUT2D eigenvalue weighted by Crippen LogP contribution is -2.48. The molecule has 0 unspecified atom stereocenters. The van der Waals surface area contributed by atoms with Crippen LogP contribution >= 0.6 is 0 Å². The van der Waals surface area contributed by atoms with Crippen molar-refractivity contribution in [3.8, 4) is 5.75 Å². The smallest absolute Gasteiger partial charge is 0.261 e. The molecule has 0 aliphatic heterocycles. The van der Waals surface area contributed by atoms with Crippen LogP contribution in [0.3, 0.4) is 0 Å². The average molecular weight is 334 g/mol. The molecule has 0 aliphatic rings. The summed E-state index contributed by atoms with van der Waals surface area (Å²) in [4.78, 5) is 12.6. The van der Waals surface area contributed by atoms with Crippen LogP contribution in [0.4, 0.5) is 0 Å². The van der Waals surface area contributed by atoms with Crippen molar-refractivity contribution in [1.82, 2.24) is 5.32 Å². The quantitative estimate of drug-likeness (QED) is 0.767. The fourth-order valence-electron chi connectivity index (χ4n) is 2.88. The zero-order chi connectivity index (χ0) is 18.5. The third-order valence-electron chi connectivity index (χ3n) is 4.41. The summed E-state index contributed by atoms with van der Waals surface area (Å²) >= 11 is 0. The molecule has 0 aliphatic carbocycles. The highest BCUT2D eigenvalue weighted by molar-refractivity contribution is 5.81. The van der Waals surface area contributed by atoms with Crippen molar-refractivity contribution >= 4 is 5.91 Å². The zero-order valence-electron chi connectivity index (χ0n) is 16.6. The maximum atomic E-state index is 12.6. The van der Waals surface area contributed by atoms with Crippen LogP contribution in [0.5, 0.6) is 5.75 Å². The van der Waals surface area contributed by atoms with Crippen molar-refractivity contribution in [1.29, 1.82) is 0 Å². The predicted molar refractivity (Wildman–Crippen MR) is 101 cm³/mol. The minimum atomic E-state index is -0.453. The van der Waals surface area contributed by atoms with E-state index in [2.05, 4.69) is 65.9 Å². The van der Waals surface area contributed by atoms with Gasteiger partial charge in [-0.25, -0.2) is 0 Å². The molecule has 1 aromatic carbocycles. The third kappa shape index (κ3) is 5.85. The maximum Gasteiger partial charge on any atom is 0.261 e. The van der Waals surface area contributed by atoms with Gasteiger partial charge < -0.3 is 10.1 Å². The Bertz CT molecular complexity index is 504. The lowest BCUT2D eigenvalue weighted by Gasteiger charge is -2.28. The van der Waals surface area contributed by atoms with Gasteiger partial charge in [0.05, 0.1) is 0 Å². The number of benzene rings is 1. The number of hydrogen-bond donors (Lipinski definition) is 1. The van der Waals surface area contributed by atoms with Gasteiger partial charge in [-0.3, -0.25) is 4.79 Å². The van der Waals surface area contributed by atoms with E-state index in [0.29, 0.717) is 18.3 Å². The Morgan fingerprint density at radius 1 is 1.04 bits per heavy atom. The Balaban J connectivity index is 2.78. The van der Waals surface area contributed by atoms with Gasteiger partial charge in [-0.1, -0.05) is 67.5 Å². The first-order chi connectivity index (χ1) is 11.1. The van der Waals surface area contributed by atoms with E-state index in [9.17, 15) is 4.79 Å². The van der Waals surface area contributed by atoms with Crippen molar-refractivity contribution in [2.75, 3.05) is 0 Å². The number of hydrogen-bond acceptors (Lipinski definition) is 2. The first-order valence-corrected chi connectivity index (χ1v) is 9.13. The Morgan fingerprint density at radius 3 is 1.92 bits per heavy atom. The Labute approximate surface area is 148 Å². The molecule has 0 spiro atoms. The monoisotopic (exact) mass is 333 g/mol. The van der Waals surface area contributed by atoms with Gasteiger partial charge >= 0.3 is 0 Å². The molecule has 0 saturated heterocycles. The summed E-state index contributed by atoms with van der Waals surface area (Å²) in [5, 5.41) is 3.16. The molecule has 1 rings (SSSR count). The molecular formula is C21H35NO2. The molecule has 3 heteroatoms. The van der Waals surface area contributed by atoms with Crippen LogP contribution in [0.15, 0.2) is 24.3 Å². The third-order valence-corrected chi connectivity index (χ3v) is 4.41. The van der Waals surface area contributed by atoms with E-state index in [1.165, 1.54) is 5.56 Å². The number of ether oxygens (including phenoxy) is 1. The molecular weight excluding hydrogens is 298 g/mol. The molecule has 0 saturated carbocycles. The van der Waals surface area contributed by atoms with Crippen LogP contribution in [0.1, 0.15) is 67.4 Å². The summed E-state index contributed by atoms with van der Waals surface area (Å²) in [7, 11) is 0. The van der Waals surface area contributed by atoms with Crippen molar-refractivity contribution in [3.63, 3.8) is 0 Å². The minimum Gasteiger partial charge on any atom is -0.481 e. The molecule has 3 nitrogen and oxygen atoms in total. The SMILES string of the molecule is CC[C@H](Oc1ccc(C(C)(C)C)cc1)C(=O)NC(C(C)C)C(C)C. The summed E-state index contributed by atoms with van der Waals surface area (Å²) in [5.74, 6) is 1.52. The van der Waals surface area contributed by atoms with Gasteiger partial charge in [0.15, 0.2) is 6.10 Å². The van der Waals surface area contributed by atoms with Crippen LogP contribution < -0.4 is 10.1 Å². The largest absolute Gasteiger partial charge is 0.481 e. The van der Waals surface area contributed by atoms with E-state index >= 15 is 0 Å². The second-order valence-corrected chi connectivity index (χ2v) is 8.31. The molecule has 136 valence electrons. The first-order valence-electron chi connectivity index (χ1n) is 9.13. The Morgan fingerprint density at radius 2 is 1.54 bits per heavy atom. The number of carbonyl (C=O) groups excluding carboxylic acids is 1. The van der Waals surface area contributed by atoms with E-state index in [-0.39, 0.29) is 17.4 Å². The van der Waals surface area contributed by atoms with Crippen molar-refractivity contribution in [2.45, 2.75) is 79.4 Å². The van der Waals surface area contributed by atoms with Gasteiger partial charge in [0, 0.05) is 6.04 Å². The number of nitrogens with one attached hydrogen (secondary N) is 1. The molecule has 0 aromatic heterocycles. The van der Waals surface area contributed by atoms with Crippen molar-refractivity contribution in [2.24, 2.45) is 11.8 Å². The molecule has 0 fully saturated rings. The number of amides is 1. The lowest BCUT2D eigenvalue weighted by molar-refractivity contribution is -0.129. The van der Waals surface area contributed by atoms with Crippen molar-refractivity contribution in [3.05, 3.63) is 29.8 Å². The summed E-state index contributed by atoms with van der Waals surface area (Å²) in [6, 6.07) is 8.23. The van der Waals surface area contributed by atoms with Crippen LogP contribution in [0.25, 0.3) is 0 Å². The molecule has 0 bridgehead atoms. The fraction of sp³-hybridized carbons (Fsp3) is 0.667. The minimum absolute atomic E-state index is 0.0233. The first kappa shape index (κ1) is 20.5. The van der Waals surface area contributed by atoms with Gasteiger partial charge in [-0.2, -0.15) is 0 Å². The zero-order valence-corrected chi connectivity index (χ0v) is 16.6. The fourth-order valence-corrected chi connectivity index (χ4v) is 2.88. The summed E-state index contributed by atoms with van der Waals surface area (Å²) < 4.78 is 5.94. The average Bonchev–Trinajstić information content (AvgIpc) is 2.48. The molecule has 1 atom stereocenters. The van der Waals surface area contributed by atoms with E-state index < -0.39 is 6.10 Å². The highest BCUT2D eigenvalue weighted by Crippen LogP contribution is 2.25. The Hall–Kier alpha value is -1.51. The van der Waals surface area contributed by atoms with Crippen LogP contribution in [-0.2, 0) is 10.2 Å². The second kappa shape index (κ2) is 8.55. The van der Waals surface area contributed by atoms with Crippen molar-refractivity contribution < 1.29 is 9.53 Å². The standard InChI is InChI=1S/C21H35NO2/c1-9-18(20(23)22-19(14(2)3)15(4)5)24-17-12-10-16(11-13-17)21(6,7)8/h10-15,18-19H,9H2,1-8H3,(H,22,23)/t18-/m0/s1. The molecule has 1 N–H and O–H groups in total. The maximum absolute atomic E-state index is 12.6. The van der Waals surface area contributed by atoms with Crippen LogP contribution in [0.2, 0.25) is 0 Å². The number of rotatable bonds is 7. The summed E-state index contributed by atoms with van der Waals surface area (Å²) in [6.45, 7) is 17.1. The van der Waals surface area contributed by atoms with E-state index in [1.54, 1.807) is 0 Å². The molecule has 0 heterocycles. The normalized spacial score (nSPS) is 13.5. The van der Waals surface area contributed by atoms with Gasteiger partial charge in [0.1, 0.15) is 5.75 Å². The molecule has 0 radical (unpaired) electrons. The van der Waals surface area contributed by atoms with E-state index in [1.807, 2.05) is 19.1 Å². The van der Waals surface area contributed by atoms with E-state index in [4.69, 9.17) is 4.74 Å².